The van der Waals surface area contributed by atoms with E-state index < -0.39 is 4.92 Å². The molecule has 1 aliphatic heterocycles. The third kappa shape index (κ3) is 3.86. The molecule has 0 saturated carbocycles. The van der Waals surface area contributed by atoms with E-state index in [2.05, 4.69) is 21.3 Å². The van der Waals surface area contributed by atoms with Crippen molar-refractivity contribution in [3.05, 3.63) is 69.6 Å². The SMILES string of the molecule is O=C(CN1CCCc2ccccc21)Nc1nc(-c2cccc([N+](=O)[O-])c2)cs1. The van der Waals surface area contributed by atoms with Gasteiger partial charge in [-0.2, -0.15) is 0 Å². The van der Waals surface area contributed by atoms with Crippen molar-refractivity contribution in [2.24, 2.45) is 0 Å². The topological polar surface area (TPSA) is 88.4 Å². The van der Waals surface area contributed by atoms with Crippen molar-refractivity contribution in [2.45, 2.75) is 12.8 Å². The van der Waals surface area contributed by atoms with Crippen LogP contribution in [0.5, 0.6) is 0 Å². The summed E-state index contributed by atoms with van der Waals surface area (Å²) < 4.78 is 0. The summed E-state index contributed by atoms with van der Waals surface area (Å²) >= 11 is 1.30. The lowest BCUT2D eigenvalue weighted by Crippen LogP contribution is -2.36. The molecule has 1 N–H and O–H groups in total. The maximum atomic E-state index is 12.5. The van der Waals surface area contributed by atoms with Gasteiger partial charge in [0.05, 0.1) is 17.2 Å². The number of nitro groups is 1. The van der Waals surface area contributed by atoms with Crippen LogP contribution in [0.1, 0.15) is 12.0 Å². The number of aromatic nitrogens is 1. The summed E-state index contributed by atoms with van der Waals surface area (Å²) in [6.45, 7) is 1.12. The molecule has 0 bridgehead atoms. The number of nitrogens with one attached hydrogen (secondary N) is 1. The van der Waals surface area contributed by atoms with Crippen LogP contribution in [0.4, 0.5) is 16.5 Å². The van der Waals surface area contributed by atoms with Crippen LogP contribution < -0.4 is 10.2 Å². The lowest BCUT2D eigenvalue weighted by Gasteiger charge is -2.30. The largest absolute Gasteiger partial charge is 0.362 e. The van der Waals surface area contributed by atoms with Crippen molar-refractivity contribution in [1.29, 1.82) is 0 Å². The molecule has 2 heterocycles. The molecule has 1 amide bonds. The summed E-state index contributed by atoms with van der Waals surface area (Å²) in [4.78, 5) is 29.5. The van der Waals surface area contributed by atoms with E-state index in [1.54, 1.807) is 17.5 Å². The molecule has 0 radical (unpaired) electrons. The Morgan fingerprint density at radius 3 is 2.96 bits per heavy atom. The second-order valence-corrected chi connectivity index (χ2v) is 7.41. The summed E-state index contributed by atoms with van der Waals surface area (Å²) in [5.41, 5.74) is 3.65. The van der Waals surface area contributed by atoms with Crippen molar-refractivity contribution in [3.63, 3.8) is 0 Å². The van der Waals surface area contributed by atoms with E-state index in [1.807, 2.05) is 18.2 Å². The van der Waals surface area contributed by atoms with E-state index in [0.717, 1.165) is 25.1 Å². The zero-order valence-corrected chi connectivity index (χ0v) is 15.8. The highest BCUT2D eigenvalue weighted by atomic mass is 32.1. The minimum Gasteiger partial charge on any atom is -0.362 e. The van der Waals surface area contributed by atoms with E-state index in [0.29, 0.717) is 16.4 Å². The summed E-state index contributed by atoms with van der Waals surface area (Å²) in [7, 11) is 0. The lowest BCUT2D eigenvalue weighted by atomic mass is 10.0. The van der Waals surface area contributed by atoms with Gasteiger partial charge in [0, 0.05) is 35.3 Å². The van der Waals surface area contributed by atoms with Crippen LogP contribution in [-0.4, -0.2) is 28.9 Å². The number of aryl methyl sites for hydroxylation is 1. The van der Waals surface area contributed by atoms with E-state index >= 15 is 0 Å². The number of nitrogens with zero attached hydrogens (tertiary/aromatic N) is 3. The smallest absolute Gasteiger partial charge is 0.270 e. The van der Waals surface area contributed by atoms with E-state index in [1.165, 1.54) is 29.0 Å². The average molecular weight is 394 g/mol. The Bertz CT molecular complexity index is 1030. The van der Waals surface area contributed by atoms with E-state index in [4.69, 9.17) is 0 Å². The van der Waals surface area contributed by atoms with Crippen molar-refractivity contribution in [1.82, 2.24) is 4.98 Å². The van der Waals surface area contributed by atoms with Gasteiger partial charge in [0.2, 0.25) is 5.91 Å². The van der Waals surface area contributed by atoms with Crippen molar-refractivity contribution >= 4 is 33.8 Å². The Labute approximate surface area is 165 Å². The highest BCUT2D eigenvalue weighted by Crippen LogP contribution is 2.28. The van der Waals surface area contributed by atoms with Gasteiger partial charge in [0.1, 0.15) is 0 Å². The van der Waals surface area contributed by atoms with Crippen LogP contribution in [0, 0.1) is 10.1 Å². The minimum absolute atomic E-state index is 0.0137. The monoisotopic (exact) mass is 394 g/mol. The predicted molar refractivity (Wildman–Crippen MR) is 110 cm³/mol. The molecule has 7 nitrogen and oxygen atoms in total. The standard InChI is InChI=1S/C20H18N4O3S/c25-19(12-23-10-4-7-14-5-1-2-9-18(14)23)22-20-21-17(13-28-20)15-6-3-8-16(11-15)24(26)27/h1-3,5-6,8-9,11,13H,4,7,10,12H2,(H,21,22,25). The molecular weight excluding hydrogens is 376 g/mol. The van der Waals surface area contributed by atoms with E-state index in [-0.39, 0.29) is 18.1 Å². The molecule has 8 heteroatoms. The number of carbonyl (C=O) groups excluding carboxylic acids is 1. The first-order chi connectivity index (χ1) is 13.6. The van der Waals surface area contributed by atoms with Gasteiger partial charge in [-0.25, -0.2) is 4.98 Å². The first kappa shape index (κ1) is 18.1. The lowest BCUT2D eigenvalue weighted by molar-refractivity contribution is -0.384. The number of rotatable bonds is 5. The molecule has 3 aromatic rings. The zero-order chi connectivity index (χ0) is 19.5. The fourth-order valence-corrected chi connectivity index (χ4v) is 4.09. The maximum absolute atomic E-state index is 12.5. The molecule has 0 aliphatic carbocycles. The first-order valence-electron chi connectivity index (χ1n) is 8.93. The molecule has 1 aliphatic rings. The number of fused-ring (bicyclic) bond motifs is 1. The number of amides is 1. The molecule has 4 rings (SSSR count). The molecule has 2 aromatic carbocycles. The Morgan fingerprint density at radius 1 is 1.25 bits per heavy atom. The molecule has 0 atom stereocenters. The van der Waals surface area contributed by atoms with Gasteiger partial charge < -0.3 is 10.2 Å². The number of carbonyl (C=O) groups is 1. The molecule has 0 spiro atoms. The summed E-state index contributed by atoms with van der Waals surface area (Å²) in [5, 5.41) is 16.0. The van der Waals surface area contributed by atoms with E-state index in [9.17, 15) is 14.9 Å². The highest BCUT2D eigenvalue weighted by molar-refractivity contribution is 7.14. The number of hydrogen-bond donors (Lipinski definition) is 1. The molecular formula is C20H18N4O3S. The average Bonchev–Trinajstić information content (AvgIpc) is 3.17. The minimum atomic E-state index is -0.436. The van der Waals surface area contributed by atoms with Gasteiger partial charge in [-0.3, -0.25) is 14.9 Å². The summed E-state index contributed by atoms with van der Waals surface area (Å²) in [6, 6.07) is 14.5. The van der Waals surface area contributed by atoms with Gasteiger partial charge >= 0.3 is 0 Å². The Kier molecular flexibility index (Phi) is 5.03. The van der Waals surface area contributed by atoms with Crippen LogP contribution in [-0.2, 0) is 11.2 Å². The van der Waals surface area contributed by atoms with Crippen LogP contribution in [0.2, 0.25) is 0 Å². The number of anilines is 2. The normalized spacial score (nSPS) is 13.1. The quantitative estimate of drug-likeness (QED) is 0.520. The fraction of sp³-hybridized carbons (Fsp3) is 0.200. The zero-order valence-electron chi connectivity index (χ0n) is 15.0. The molecule has 0 fully saturated rings. The van der Waals surface area contributed by atoms with Gasteiger partial charge in [-0.15, -0.1) is 11.3 Å². The fourth-order valence-electron chi connectivity index (χ4n) is 3.35. The summed E-state index contributed by atoms with van der Waals surface area (Å²) in [5.74, 6) is -0.128. The summed E-state index contributed by atoms with van der Waals surface area (Å²) in [6.07, 6.45) is 2.06. The Balaban J connectivity index is 1.44. The van der Waals surface area contributed by atoms with Crippen molar-refractivity contribution < 1.29 is 9.72 Å². The van der Waals surface area contributed by atoms with Gasteiger partial charge in [-0.1, -0.05) is 30.3 Å². The van der Waals surface area contributed by atoms with Gasteiger partial charge in [0.25, 0.3) is 5.69 Å². The number of benzene rings is 2. The molecule has 28 heavy (non-hydrogen) atoms. The Morgan fingerprint density at radius 2 is 2.11 bits per heavy atom. The second kappa shape index (κ2) is 7.77. The van der Waals surface area contributed by atoms with Gasteiger partial charge in [-0.05, 0) is 24.5 Å². The van der Waals surface area contributed by atoms with Crippen molar-refractivity contribution in [2.75, 3.05) is 23.3 Å². The van der Waals surface area contributed by atoms with Crippen LogP contribution >= 0.6 is 11.3 Å². The molecule has 142 valence electrons. The van der Waals surface area contributed by atoms with Crippen LogP contribution in [0.25, 0.3) is 11.3 Å². The molecule has 0 unspecified atom stereocenters. The second-order valence-electron chi connectivity index (χ2n) is 6.55. The number of thiazole rings is 1. The highest BCUT2D eigenvalue weighted by Gasteiger charge is 2.19. The number of nitro benzene ring substituents is 1. The van der Waals surface area contributed by atoms with Crippen LogP contribution in [0.3, 0.4) is 0 Å². The predicted octanol–water partition coefficient (Wildman–Crippen LogP) is 4.11. The van der Waals surface area contributed by atoms with Crippen LogP contribution in [0.15, 0.2) is 53.9 Å². The van der Waals surface area contributed by atoms with Gasteiger partial charge in [0.15, 0.2) is 5.13 Å². The van der Waals surface area contributed by atoms with Crippen molar-refractivity contribution in [3.8, 4) is 11.3 Å². The third-order valence-electron chi connectivity index (χ3n) is 4.64. The third-order valence-corrected chi connectivity index (χ3v) is 5.40. The first-order valence-corrected chi connectivity index (χ1v) is 9.81. The Hall–Kier alpha value is -3.26. The number of para-hydroxylation sites is 1. The number of non-ortho nitro benzene ring substituents is 1. The number of hydrogen-bond acceptors (Lipinski definition) is 6. The molecule has 1 aromatic heterocycles. The molecule has 0 saturated heterocycles. The maximum Gasteiger partial charge on any atom is 0.270 e.